The number of halogens is 2. The van der Waals surface area contributed by atoms with Gasteiger partial charge < -0.3 is 10.4 Å². The molecule has 2 aromatic rings. The van der Waals surface area contributed by atoms with E-state index in [4.69, 9.17) is 28.3 Å². The van der Waals surface area contributed by atoms with Crippen LogP contribution in [0.2, 0.25) is 9.49 Å². The van der Waals surface area contributed by atoms with Crippen LogP contribution in [0, 0.1) is 0 Å². The fourth-order valence-electron chi connectivity index (χ4n) is 1.36. The minimum Gasteiger partial charge on any atom is -0.478 e. The van der Waals surface area contributed by atoms with E-state index in [9.17, 15) is 4.79 Å². The third-order valence-electron chi connectivity index (χ3n) is 2.15. The van der Waals surface area contributed by atoms with Crippen LogP contribution >= 0.6 is 34.5 Å². The molecule has 2 rings (SSSR count). The van der Waals surface area contributed by atoms with Crippen molar-refractivity contribution in [1.29, 1.82) is 0 Å². The van der Waals surface area contributed by atoms with E-state index in [2.05, 4.69) is 10.3 Å². The first kappa shape index (κ1) is 13.1. The van der Waals surface area contributed by atoms with Crippen molar-refractivity contribution >= 4 is 46.3 Å². The summed E-state index contributed by atoms with van der Waals surface area (Å²) in [5.74, 6) is -0.801. The van der Waals surface area contributed by atoms with Gasteiger partial charge in [0.1, 0.15) is 16.5 Å². The zero-order chi connectivity index (χ0) is 13.1. The number of carboxylic acids is 1. The van der Waals surface area contributed by atoms with E-state index in [0.29, 0.717) is 10.9 Å². The quantitative estimate of drug-likeness (QED) is 0.844. The van der Waals surface area contributed by atoms with E-state index in [0.717, 1.165) is 4.88 Å². The first-order chi connectivity index (χ1) is 8.56. The summed E-state index contributed by atoms with van der Waals surface area (Å²) in [5.41, 5.74) is 0.0852. The van der Waals surface area contributed by atoms with Gasteiger partial charge in [-0.1, -0.05) is 23.2 Å². The first-order valence-electron chi connectivity index (χ1n) is 4.94. The molecule has 0 atom stereocenters. The molecule has 0 radical (unpaired) electrons. The Labute approximate surface area is 117 Å². The van der Waals surface area contributed by atoms with Gasteiger partial charge in [0.05, 0.1) is 10.9 Å². The molecule has 7 heteroatoms. The molecule has 0 saturated carbocycles. The number of rotatable bonds is 4. The molecule has 0 bridgehead atoms. The van der Waals surface area contributed by atoms with Crippen LogP contribution in [0.4, 0.5) is 5.82 Å². The van der Waals surface area contributed by atoms with Gasteiger partial charge in [0.15, 0.2) is 0 Å². The van der Waals surface area contributed by atoms with Crippen molar-refractivity contribution in [2.24, 2.45) is 0 Å². The van der Waals surface area contributed by atoms with Crippen LogP contribution in [-0.2, 0) is 6.54 Å². The average molecular weight is 303 g/mol. The lowest BCUT2D eigenvalue weighted by Crippen LogP contribution is -2.07. The largest absolute Gasteiger partial charge is 0.478 e. The smallest absolute Gasteiger partial charge is 0.339 e. The molecule has 0 amide bonds. The highest BCUT2D eigenvalue weighted by atomic mass is 35.5. The van der Waals surface area contributed by atoms with Gasteiger partial charge in [-0.3, -0.25) is 0 Å². The Balaban J connectivity index is 2.17. The summed E-state index contributed by atoms with van der Waals surface area (Å²) in [6.45, 7) is 0.449. The van der Waals surface area contributed by atoms with Crippen molar-refractivity contribution in [3.8, 4) is 0 Å². The van der Waals surface area contributed by atoms with Crippen molar-refractivity contribution in [1.82, 2.24) is 4.98 Å². The molecule has 0 unspecified atom stereocenters. The number of pyridine rings is 1. The summed E-state index contributed by atoms with van der Waals surface area (Å²) >= 11 is 13.0. The molecule has 0 fully saturated rings. The van der Waals surface area contributed by atoms with E-state index in [1.165, 1.54) is 23.5 Å². The predicted octanol–water partition coefficient (Wildman–Crippen LogP) is 3.76. The second kappa shape index (κ2) is 5.56. The van der Waals surface area contributed by atoms with Crippen molar-refractivity contribution in [3.63, 3.8) is 0 Å². The van der Waals surface area contributed by atoms with Crippen LogP contribution < -0.4 is 5.32 Å². The highest BCUT2D eigenvalue weighted by Gasteiger charge is 2.12. The van der Waals surface area contributed by atoms with Crippen LogP contribution in [0.5, 0.6) is 0 Å². The Kier molecular flexibility index (Phi) is 4.06. The van der Waals surface area contributed by atoms with Crippen LogP contribution in [0.3, 0.4) is 0 Å². The van der Waals surface area contributed by atoms with Gasteiger partial charge in [0.2, 0.25) is 0 Å². The minimum absolute atomic E-state index is 0.0852. The standard InChI is InChI=1S/C11H8Cl2N2O2S/c12-8-3-2-7(11(16)17)10(15-8)14-5-6-1-4-9(13)18-6/h1-4H,5H2,(H,14,15)(H,16,17). The van der Waals surface area contributed by atoms with E-state index >= 15 is 0 Å². The number of hydrogen-bond acceptors (Lipinski definition) is 4. The molecule has 94 valence electrons. The highest BCUT2D eigenvalue weighted by Crippen LogP contribution is 2.23. The number of carbonyl (C=O) groups is 1. The fraction of sp³-hybridized carbons (Fsp3) is 0.0909. The predicted molar refractivity (Wildman–Crippen MR) is 72.9 cm³/mol. The topological polar surface area (TPSA) is 62.2 Å². The second-order valence-electron chi connectivity index (χ2n) is 3.39. The lowest BCUT2D eigenvalue weighted by Gasteiger charge is -2.07. The number of aromatic nitrogens is 1. The van der Waals surface area contributed by atoms with Crippen molar-refractivity contribution in [2.75, 3.05) is 5.32 Å². The van der Waals surface area contributed by atoms with Gasteiger partial charge in [0, 0.05) is 4.88 Å². The maximum Gasteiger partial charge on any atom is 0.339 e. The highest BCUT2D eigenvalue weighted by molar-refractivity contribution is 7.16. The number of anilines is 1. The molecular formula is C11H8Cl2N2O2S. The van der Waals surface area contributed by atoms with Gasteiger partial charge in [-0.05, 0) is 24.3 Å². The minimum atomic E-state index is -1.05. The van der Waals surface area contributed by atoms with Gasteiger partial charge in [0.25, 0.3) is 0 Å². The normalized spacial score (nSPS) is 10.3. The molecule has 0 spiro atoms. The molecule has 2 heterocycles. The molecule has 2 N–H and O–H groups in total. The number of nitrogens with zero attached hydrogens (tertiary/aromatic N) is 1. The maximum absolute atomic E-state index is 11.0. The average Bonchev–Trinajstić information content (AvgIpc) is 2.72. The van der Waals surface area contributed by atoms with Gasteiger partial charge in [-0.15, -0.1) is 11.3 Å². The van der Waals surface area contributed by atoms with Gasteiger partial charge in [-0.2, -0.15) is 0 Å². The number of thiophene rings is 1. The van der Waals surface area contributed by atoms with E-state index < -0.39 is 5.97 Å². The van der Waals surface area contributed by atoms with Crippen molar-refractivity contribution in [3.05, 3.63) is 44.2 Å². The molecule has 0 aliphatic rings. The molecular weight excluding hydrogens is 295 g/mol. The number of hydrogen-bond donors (Lipinski definition) is 2. The summed E-state index contributed by atoms with van der Waals surface area (Å²) in [5, 5.41) is 12.2. The summed E-state index contributed by atoms with van der Waals surface area (Å²) in [6, 6.07) is 6.51. The summed E-state index contributed by atoms with van der Waals surface area (Å²) < 4.78 is 0.685. The van der Waals surface area contributed by atoms with E-state index in [1.54, 1.807) is 6.07 Å². The molecule has 0 aliphatic carbocycles. The van der Waals surface area contributed by atoms with Crippen LogP contribution in [0.25, 0.3) is 0 Å². The maximum atomic E-state index is 11.0. The van der Waals surface area contributed by atoms with Gasteiger partial charge in [-0.25, -0.2) is 9.78 Å². The second-order valence-corrected chi connectivity index (χ2v) is 5.58. The number of nitrogens with one attached hydrogen (secondary N) is 1. The lowest BCUT2D eigenvalue weighted by atomic mass is 10.2. The Morgan fingerprint density at radius 3 is 2.72 bits per heavy atom. The monoisotopic (exact) mass is 302 g/mol. The SMILES string of the molecule is O=C(O)c1ccc(Cl)nc1NCc1ccc(Cl)s1. The van der Waals surface area contributed by atoms with Crippen LogP contribution in [-0.4, -0.2) is 16.1 Å². The summed E-state index contributed by atoms with van der Waals surface area (Å²) in [6.07, 6.45) is 0. The fourth-order valence-corrected chi connectivity index (χ4v) is 2.54. The van der Waals surface area contributed by atoms with Gasteiger partial charge >= 0.3 is 5.97 Å². The molecule has 18 heavy (non-hydrogen) atoms. The van der Waals surface area contributed by atoms with E-state index in [1.807, 2.05) is 6.07 Å². The Hall–Kier alpha value is -1.30. The zero-order valence-corrected chi connectivity index (χ0v) is 11.3. The van der Waals surface area contributed by atoms with Crippen molar-refractivity contribution in [2.45, 2.75) is 6.54 Å². The molecule has 0 aromatic carbocycles. The Morgan fingerprint density at radius 2 is 2.11 bits per heavy atom. The van der Waals surface area contributed by atoms with Crippen LogP contribution in [0.15, 0.2) is 24.3 Å². The van der Waals surface area contributed by atoms with Crippen LogP contribution in [0.1, 0.15) is 15.2 Å². The zero-order valence-electron chi connectivity index (χ0n) is 8.98. The Bertz CT molecular complexity index is 586. The Morgan fingerprint density at radius 1 is 1.33 bits per heavy atom. The molecule has 4 nitrogen and oxygen atoms in total. The summed E-state index contributed by atoms with van der Waals surface area (Å²) in [4.78, 5) is 16.0. The lowest BCUT2D eigenvalue weighted by molar-refractivity contribution is 0.0697. The molecule has 2 aromatic heterocycles. The first-order valence-corrected chi connectivity index (χ1v) is 6.51. The molecule has 0 saturated heterocycles. The third-order valence-corrected chi connectivity index (χ3v) is 3.59. The number of carboxylic acid groups (broad SMARTS) is 1. The van der Waals surface area contributed by atoms with E-state index in [-0.39, 0.29) is 16.5 Å². The summed E-state index contributed by atoms with van der Waals surface area (Å²) in [7, 11) is 0. The number of aromatic carboxylic acids is 1. The molecule has 0 aliphatic heterocycles. The third kappa shape index (κ3) is 3.13. The van der Waals surface area contributed by atoms with Crippen molar-refractivity contribution < 1.29 is 9.90 Å².